The molecule has 1 saturated heterocycles. The molecule has 1 aromatic rings. The highest BCUT2D eigenvalue weighted by atomic mass is 32.1. The summed E-state index contributed by atoms with van der Waals surface area (Å²) in [5.41, 5.74) is 1.08. The Kier molecular flexibility index (Phi) is 3.72. The first-order valence-corrected chi connectivity index (χ1v) is 7.02. The molecule has 1 aliphatic heterocycles. The smallest absolute Gasteiger partial charge is 0.345 e. The van der Waals surface area contributed by atoms with Gasteiger partial charge in [0.15, 0.2) is 0 Å². The fraction of sp³-hybridized carbons (Fsp3) is 0.615. The summed E-state index contributed by atoms with van der Waals surface area (Å²) in [6.07, 6.45) is 2.44. The van der Waals surface area contributed by atoms with Gasteiger partial charge in [0.2, 0.25) is 0 Å². The van der Waals surface area contributed by atoms with Crippen LogP contribution in [0.15, 0.2) is 11.4 Å². The lowest BCUT2D eigenvalue weighted by atomic mass is 9.86. The van der Waals surface area contributed by atoms with Crippen molar-refractivity contribution in [1.82, 2.24) is 0 Å². The minimum atomic E-state index is -0.821. The average Bonchev–Trinajstić information content (AvgIpc) is 2.78. The molecular weight excluding hydrogens is 234 g/mol. The van der Waals surface area contributed by atoms with E-state index >= 15 is 0 Å². The highest BCUT2D eigenvalue weighted by Crippen LogP contribution is 2.30. The maximum absolute atomic E-state index is 10.8. The minimum Gasteiger partial charge on any atom is -0.477 e. The number of carboxylic acid groups (broad SMARTS) is 1. The van der Waals surface area contributed by atoms with Gasteiger partial charge in [-0.2, -0.15) is 0 Å². The van der Waals surface area contributed by atoms with Crippen LogP contribution in [0.4, 0.5) is 5.69 Å². The van der Waals surface area contributed by atoms with Gasteiger partial charge >= 0.3 is 5.97 Å². The van der Waals surface area contributed by atoms with Crippen LogP contribution in [0.3, 0.4) is 0 Å². The second kappa shape index (κ2) is 5.08. The summed E-state index contributed by atoms with van der Waals surface area (Å²) in [4.78, 5) is 13.6. The third-order valence-corrected chi connectivity index (χ3v) is 4.55. The van der Waals surface area contributed by atoms with Crippen LogP contribution in [-0.2, 0) is 0 Å². The number of hydrogen-bond donors (Lipinski definition) is 1. The summed E-state index contributed by atoms with van der Waals surface area (Å²) in [6.45, 7) is 6.68. The third kappa shape index (κ3) is 2.80. The van der Waals surface area contributed by atoms with Gasteiger partial charge in [-0.1, -0.05) is 13.8 Å². The largest absolute Gasteiger partial charge is 0.477 e. The number of carboxylic acids is 1. The van der Waals surface area contributed by atoms with Gasteiger partial charge in [0.1, 0.15) is 4.88 Å². The Bertz CT molecular complexity index is 392. The normalized spacial score (nSPS) is 17.7. The number of piperidine rings is 1. The van der Waals surface area contributed by atoms with Crippen molar-refractivity contribution < 1.29 is 9.90 Å². The molecule has 17 heavy (non-hydrogen) atoms. The molecule has 0 saturated carbocycles. The number of nitrogens with zero attached hydrogens (tertiary/aromatic N) is 1. The first-order chi connectivity index (χ1) is 8.08. The van der Waals surface area contributed by atoms with Crippen LogP contribution >= 0.6 is 11.3 Å². The van der Waals surface area contributed by atoms with Gasteiger partial charge in [0, 0.05) is 24.2 Å². The van der Waals surface area contributed by atoms with Crippen molar-refractivity contribution in [3.05, 3.63) is 16.3 Å². The van der Waals surface area contributed by atoms with E-state index in [2.05, 4.69) is 18.7 Å². The summed E-state index contributed by atoms with van der Waals surface area (Å²) >= 11 is 1.32. The molecule has 0 aliphatic carbocycles. The van der Waals surface area contributed by atoms with Crippen molar-refractivity contribution in [1.29, 1.82) is 0 Å². The van der Waals surface area contributed by atoms with Gasteiger partial charge in [-0.05, 0) is 30.7 Å². The van der Waals surface area contributed by atoms with Crippen LogP contribution in [0.1, 0.15) is 36.4 Å². The van der Waals surface area contributed by atoms with Crippen LogP contribution in [0.25, 0.3) is 0 Å². The Labute approximate surface area is 106 Å². The van der Waals surface area contributed by atoms with E-state index in [-0.39, 0.29) is 0 Å². The number of rotatable bonds is 3. The molecule has 0 unspecified atom stereocenters. The Morgan fingerprint density at radius 3 is 2.59 bits per heavy atom. The van der Waals surface area contributed by atoms with Crippen LogP contribution in [0.5, 0.6) is 0 Å². The van der Waals surface area contributed by atoms with E-state index in [1.165, 1.54) is 24.2 Å². The van der Waals surface area contributed by atoms with E-state index in [1.54, 1.807) is 6.07 Å². The van der Waals surface area contributed by atoms with E-state index in [1.807, 2.05) is 5.38 Å². The molecule has 2 heterocycles. The van der Waals surface area contributed by atoms with Crippen molar-refractivity contribution >= 4 is 23.0 Å². The second-order valence-electron chi connectivity index (χ2n) is 5.04. The molecule has 0 radical (unpaired) electrons. The molecule has 2 rings (SSSR count). The average molecular weight is 253 g/mol. The van der Waals surface area contributed by atoms with Gasteiger partial charge in [-0.3, -0.25) is 0 Å². The number of hydrogen-bond acceptors (Lipinski definition) is 3. The Morgan fingerprint density at radius 1 is 1.47 bits per heavy atom. The van der Waals surface area contributed by atoms with Crippen molar-refractivity contribution in [2.45, 2.75) is 26.7 Å². The van der Waals surface area contributed by atoms with E-state index < -0.39 is 5.97 Å². The molecule has 1 aromatic heterocycles. The maximum Gasteiger partial charge on any atom is 0.345 e. The first-order valence-electron chi connectivity index (χ1n) is 6.14. The summed E-state index contributed by atoms with van der Waals surface area (Å²) in [7, 11) is 0. The topological polar surface area (TPSA) is 40.5 Å². The lowest BCUT2D eigenvalue weighted by Gasteiger charge is -2.34. The van der Waals surface area contributed by atoms with E-state index in [0.717, 1.165) is 30.6 Å². The monoisotopic (exact) mass is 253 g/mol. The lowest BCUT2D eigenvalue weighted by Crippen LogP contribution is -2.34. The van der Waals surface area contributed by atoms with Gasteiger partial charge in [0.25, 0.3) is 0 Å². The van der Waals surface area contributed by atoms with Crippen LogP contribution in [0.2, 0.25) is 0 Å². The summed E-state index contributed by atoms with van der Waals surface area (Å²) in [5.74, 6) is 0.761. The highest BCUT2D eigenvalue weighted by Gasteiger charge is 2.22. The third-order valence-electron chi connectivity index (χ3n) is 3.64. The van der Waals surface area contributed by atoms with Gasteiger partial charge in [-0.15, -0.1) is 11.3 Å². The van der Waals surface area contributed by atoms with Crippen LogP contribution < -0.4 is 4.90 Å². The van der Waals surface area contributed by atoms with Gasteiger partial charge in [-0.25, -0.2) is 4.79 Å². The molecule has 0 aromatic carbocycles. The zero-order valence-electron chi connectivity index (χ0n) is 10.3. The standard InChI is InChI=1S/C13H19NO2S/c1-9(2)10-3-5-14(6-4-10)11-7-12(13(15)16)17-8-11/h7-10H,3-6H2,1-2H3,(H,15,16). The highest BCUT2D eigenvalue weighted by molar-refractivity contribution is 7.12. The maximum atomic E-state index is 10.8. The van der Waals surface area contributed by atoms with Crippen LogP contribution in [0, 0.1) is 11.8 Å². The molecule has 1 aliphatic rings. The first kappa shape index (κ1) is 12.4. The minimum absolute atomic E-state index is 0.436. The fourth-order valence-electron chi connectivity index (χ4n) is 2.43. The van der Waals surface area contributed by atoms with Gasteiger partial charge < -0.3 is 10.0 Å². The summed E-state index contributed by atoms with van der Waals surface area (Å²) in [5, 5.41) is 10.9. The number of anilines is 1. The zero-order chi connectivity index (χ0) is 12.4. The van der Waals surface area contributed by atoms with Crippen molar-refractivity contribution in [2.24, 2.45) is 11.8 Å². The lowest BCUT2D eigenvalue weighted by molar-refractivity contribution is 0.0702. The van der Waals surface area contributed by atoms with E-state index in [9.17, 15) is 4.79 Å². The molecule has 1 N–H and O–H groups in total. The number of aromatic carboxylic acids is 1. The quantitative estimate of drug-likeness (QED) is 0.898. The molecule has 0 bridgehead atoms. The number of thiophene rings is 1. The summed E-state index contributed by atoms with van der Waals surface area (Å²) in [6, 6.07) is 1.79. The molecular formula is C13H19NO2S. The molecule has 3 nitrogen and oxygen atoms in total. The Hall–Kier alpha value is -1.03. The van der Waals surface area contributed by atoms with E-state index in [4.69, 9.17) is 5.11 Å². The molecule has 0 atom stereocenters. The Balaban J connectivity index is 1.98. The van der Waals surface area contributed by atoms with E-state index in [0.29, 0.717) is 4.88 Å². The molecule has 94 valence electrons. The van der Waals surface area contributed by atoms with Crippen LogP contribution in [-0.4, -0.2) is 24.2 Å². The van der Waals surface area contributed by atoms with Crippen molar-refractivity contribution in [3.63, 3.8) is 0 Å². The van der Waals surface area contributed by atoms with Crippen molar-refractivity contribution in [3.8, 4) is 0 Å². The molecule has 0 amide bonds. The molecule has 4 heteroatoms. The predicted molar refractivity (Wildman–Crippen MR) is 71.1 cm³/mol. The van der Waals surface area contributed by atoms with Crippen molar-refractivity contribution in [2.75, 3.05) is 18.0 Å². The second-order valence-corrected chi connectivity index (χ2v) is 5.95. The Morgan fingerprint density at radius 2 is 2.12 bits per heavy atom. The molecule has 0 spiro atoms. The van der Waals surface area contributed by atoms with Gasteiger partial charge in [0.05, 0.1) is 0 Å². The number of carbonyl (C=O) groups is 1. The SMILES string of the molecule is CC(C)C1CCN(c2csc(C(=O)O)c2)CC1. The fourth-order valence-corrected chi connectivity index (χ4v) is 3.18. The molecule has 1 fully saturated rings. The summed E-state index contributed by atoms with van der Waals surface area (Å²) < 4.78 is 0. The predicted octanol–water partition coefficient (Wildman–Crippen LogP) is 3.32. The zero-order valence-corrected chi connectivity index (χ0v) is 11.2.